The molecule has 0 saturated carbocycles. The molecule has 3 N–H and O–H groups in total. The molecule has 1 fully saturated rings. The van der Waals surface area contributed by atoms with Crippen LogP contribution in [0.25, 0.3) is 0 Å². The van der Waals surface area contributed by atoms with E-state index < -0.39 is 24.0 Å². The quantitative estimate of drug-likeness (QED) is 0.434. The lowest BCUT2D eigenvalue weighted by Crippen LogP contribution is -2.50. The number of likely N-dealkylation sites (tertiary alicyclic amines) is 1. The predicted molar refractivity (Wildman–Crippen MR) is 109 cm³/mol. The Morgan fingerprint density at radius 3 is 2.55 bits per heavy atom. The number of carbonyl (C=O) groups excluding carboxylic acids is 1. The summed E-state index contributed by atoms with van der Waals surface area (Å²) in [5.74, 6) is -0.110. The molecule has 1 aromatic rings. The number of alkyl halides is 3. The van der Waals surface area contributed by atoms with E-state index >= 15 is 0 Å². The lowest BCUT2D eigenvalue weighted by molar-refractivity contribution is -0.272. The SMILES string of the molecule is CCNC(=NCCC(O)(c1nccn1C)C(F)(F)F)NC1CCN(C(=O)OCC)CC1. The van der Waals surface area contributed by atoms with Gasteiger partial charge in [-0.2, -0.15) is 13.2 Å². The van der Waals surface area contributed by atoms with Crippen molar-refractivity contribution in [1.29, 1.82) is 0 Å². The normalized spacial score (nSPS) is 17.9. The molecule has 0 spiro atoms. The minimum absolute atomic E-state index is 0.0134. The predicted octanol–water partition coefficient (Wildman–Crippen LogP) is 1.74. The average molecular weight is 448 g/mol. The Hall–Kier alpha value is -2.50. The van der Waals surface area contributed by atoms with E-state index in [-0.39, 0.29) is 18.7 Å². The van der Waals surface area contributed by atoms with Crippen LogP contribution in [0.4, 0.5) is 18.0 Å². The summed E-state index contributed by atoms with van der Waals surface area (Å²) in [6.07, 6.45) is -2.03. The van der Waals surface area contributed by atoms with E-state index in [4.69, 9.17) is 4.74 Å². The van der Waals surface area contributed by atoms with Gasteiger partial charge in [-0.05, 0) is 26.7 Å². The van der Waals surface area contributed by atoms with Gasteiger partial charge in [0.05, 0.1) is 6.61 Å². The Kier molecular flexibility index (Phi) is 8.54. The third-order valence-electron chi connectivity index (χ3n) is 5.11. The molecule has 1 unspecified atom stereocenters. The van der Waals surface area contributed by atoms with Gasteiger partial charge >= 0.3 is 12.3 Å². The summed E-state index contributed by atoms with van der Waals surface area (Å²) in [7, 11) is 1.40. The number of nitrogens with one attached hydrogen (secondary N) is 2. The average Bonchev–Trinajstić information content (AvgIpc) is 3.14. The van der Waals surface area contributed by atoms with Crippen LogP contribution in [0.3, 0.4) is 0 Å². The number of aromatic nitrogens is 2. The number of imidazole rings is 1. The summed E-state index contributed by atoms with van der Waals surface area (Å²) >= 11 is 0. The van der Waals surface area contributed by atoms with E-state index in [0.717, 1.165) is 4.57 Å². The Balaban J connectivity index is 1.99. The van der Waals surface area contributed by atoms with Crippen molar-refractivity contribution in [1.82, 2.24) is 25.1 Å². The fourth-order valence-electron chi connectivity index (χ4n) is 3.41. The molecule has 176 valence electrons. The number of hydrogen-bond acceptors (Lipinski definition) is 5. The maximum absolute atomic E-state index is 13.6. The highest BCUT2D eigenvalue weighted by molar-refractivity contribution is 5.80. The zero-order valence-electron chi connectivity index (χ0n) is 18.1. The van der Waals surface area contributed by atoms with Crippen molar-refractivity contribution < 1.29 is 27.8 Å². The monoisotopic (exact) mass is 448 g/mol. The van der Waals surface area contributed by atoms with Crippen molar-refractivity contribution in [2.45, 2.75) is 50.9 Å². The first-order chi connectivity index (χ1) is 14.6. The first-order valence-electron chi connectivity index (χ1n) is 10.4. The first kappa shape index (κ1) is 24.8. The summed E-state index contributed by atoms with van der Waals surface area (Å²) in [4.78, 5) is 21.3. The number of aliphatic hydroxyl groups is 1. The Morgan fingerprint density at radius 2 is 2.03 bits per heavy atom. The van der Waals surface area contributed by atoms with Gasteiger partial charge in [0.15, 0.2) is 5.96 Å². The zero-order chi connectivity index (χ0) is 23.1. The molecular formula is C19H31F3N6O3. The van der Waals surface area contributed by atoms with Crippen LogP contribution in [-0.2, 0) is 17.4 Å². The third-order valence-corrected chi connectivity index (χ3v) is 5.11. The van der Waals surface area contributed by atoms with E-state index in [0.29, 0.717) is 45.0 Å². The van der Waals surface area contributed by atoms with Crippen LogP contribution >= 0.6 is 0 Å². The number of ether oxygens (including phenoxy) is 1. The number of guanidine groups is 1. The molecule has 31 heavy (non-hydrogen) atoms. The number of piperidine rings is 1. The number of aryl methyl sites for hydroxylation is 1. The number of nitrogens with zero attached hydrogens (tertiary/aromatic N) is 4. The topological polar surface area (TPSA) is 104 Å². The largest absolute Gasteiger partial charge is 0.450 e. The van der Waals surface area contributed by atoms with Crippen LogP contribution in [0.2, 0.25) is 0 Å². The standard InChI is InChI=1S/C19H31F3N6O3/c1-4-23-16(26-14-6-11-28(12-7-14)17(29)31-5-2)25-9-8-18(30,19(20,21)22)15-24-10-13-27(15)3/h10,13-14,30H,4-9,11-12H2,1-3H3,(H2,23,25,26). The van der Waals surface area contributed by atoms with E-state index in [1.54, 1.807) is 11.8 Å². The molecule has 1 saturated heterocycles. The summed E-state index contributed by atoms with van der Waals surface area (Å²) in [6.45, 7) is 5.21. The van der Waals surface area contributed by atoms with Gasteiger partial charge in [-0.25, -0.2) is 9.78 Å². The van der Waals surface area contributed by atoms with Crippen LogP contribution in [0.15, 0.2) is 17.4 Å². The van der Waals surface area contributed by atoms with Crippen LogP contribution in [-0.4, -0.2) is 76.6 Å². The van der Waals surface area contributed by atoms with Crippen molar-refractivity contribution in [3.05, 3.63) is 18.2 Å². The van der Waals surface area contributed by atoms with Crippen LogP contribution < -0.4 is 10.6 Å². The molecule has 9 nitrogen and oxygen atoms in total. The fourth-order valence-corrected chi connectivity index (χ4v) is 3.41. The highest BCUT2D eigenvalue weighted by atomic mass is 19.4. The van der Waals surface area contributed by atoms with Crippen molar-refractivity contribution in [3.63, 3.8) is 0 Å². The number of carbonyl (C=O) groups is 1. The summed E-state index contributed by atoms with van der Waals surface area (Å²) in [5.41, 5.74) is -3.10. The number of amides is 1. The van der Waals surface area contributed by atoms with Gasteiger partial charge in [0.25, 0.3) is 0 Å². The number of halogens is 3. The molecule has 12 heteroatoms. The van der Waals surface area contributed by atoms with Crippen molar-refractivity contribution in [2.24, 2.45) is 12.0 Å². The van der Waals surface area contributed by atoms with Gasteiger partial charge in [-0.15, -0.1) is 0 Å². The third kappa shape index (κ3) is 6.25. The van der Waals surface area contributed by atoms with Crippen molar-refractivity contribution in [3.8, 4) is 0 Å². The van der Waals surface area contributed by atoms with E-state index in [1.165, 1.54) is 19.4 Å². The van der Waals surface area contributed by atoms with Crippen LogP contribution in [0.5, 0.6) is 0 Å². The van der Waals surface area contributed by atoms with Gasteiger partial charge < -0.3 is 29.9 Å². The molecule has 0 aliphatic carbocycles. The molecule has 1 amide bonds. The summed E-state index contributed by atoms with van der Waals surface area (Å²) in [5, 5.41) is 16.6. The van der Waals surface area contributed by atoms with Gasteiger partial charge in [0.1, 0.15) is 5.82 Å². The molecule has 2 heterocycles. The minimum atomic E-state index is -4.90. The maximum Gasteiger partial charge on any atom is 0.424 e. The number of hydrogen-bond donors (Lipinski definition) is 3. The molecular weight excluding hydrogens is 417 g/mol. The Labute approximate surface area is 179 Å². The van der Waals surface area contributed by atoms with E-state index in [1.807, 2.05) is 6.92 Å². The second kappa shape index (κ2) is 10.7. The maximum atomic E-state index is 13.6. The van der Waals surface area contributed by atoms with E-state index in [9.17, 15) is 23.1 Å². The molecule has 0 aromatic carbocycles. The lowest BCUT2D eigenvalue weighted by Gasteiger charge is -2.32. The molecule has 1 aliphatic rings. The first-order valence-corrected chi connectivity index (χ1v) is 10.4. The number of rotatable bonds is 7. The van der Waals surface area contributed by atoms with Gasteiger partial charge in [0.2, 0.25) is 5.60 Å². The highest BCUT2D eigenvalue weighted by Crippen LogP contribution is 2.40. The second-order valence-corrected chi connectivity index (χ2v) is 7.34. The highest BCUT2D eigenvalue weighted by Gasteiger charge is 2.57. The van der Waals surface area contributed by atoms with Gasteiger partial charge in [-0.1, -0.05) is 0 Å². The Bertz CT molecular complexity index is 746. The fraction of sp³-hybridized carbons (Fsp3) is 0.737. The number of aliphatic imine (C=N–C) groups is 1. The summed E-state index contributed by atoms with van der Waals surface area (Å²) < 4.78 is 47.0. The second-order valence-electron chi connectivity index (χ2n) is 7.34. The molecule has 1 aliphatic heterocycles. The van der Waals surface area contributed by atoms with Crippen LogP contribution in [0, 0.1) is 0 Å². The molecule has 0 bridgehead atoms. The summed E-state index contributed by atoms with van der Waals surface area (Å²) in [6, 6.07) is 0.0134. The van der Waals surface area contributed by atoms with Crippen molar-refractivity contribution in [2.75, 3.05) is 32.8 Å². The minimum Gasteiger partial charge on any atom is -0.450 e. The lowest BCUT2D eigenvalue weighted by atomic mass is 9.98. The zero-order valence-corrected chi connectivity index (χ0v) is 18.1. The van der Waals surface area contributed by atoms with Gasteiger partial charge in [-0.3, -0.25) is 4.99 Å². The van der Waals surface area contributed by atoms with Crippen LogP contribution in [0.1, 0.15) is 38.9 Å². The smallest absolute Gasteiger partial charge is 0.424 e. The van der Waals surface area contributed by atoms with E-state index in [2.05, 4.69) is 20.6 Å². The molecule has 1 atom stereocenters. The van der Waals surface area contributed by atoms with Crippen molar-refractivity contribution >= 4 is 12.1 Å². The molecule has 0 radical (unpaired) electrons. The van der Waals surface area contributed by atoms with Gasteiger partial charge in [0, 0.05) is 58.1 Å². The molecule has 1 aromatic heterocycles. The Morgan fingerprint density at radius 1 is 1.35 bits per heavy atom. The molecule has 2 rings (SSSR count).